The van der Waals surface area contributed by atoms with Crippen molar-refractivity contribution in [3.05, 3.63) is 46.8 Å². The molecule has 4 aliphatic rings. The van der Waals surface area contributed by atoms with Crippen LogP contribution in [0.3, 0.4) is 0 Å². The topological polar surface area (TPSA) is 94.8 Å². The van der Waals surface area contributed by atoms with Crippen molar-refractivity contribution in [2.24, 2.45) is 0 Å². The van der Waals surface area contributed by atoms with Crippen molar-refractivity contribution in [3.8, 4) is 0 Å². The molecule has 1 aromatic carbocycles. The maximum absolute atomic E-state index is 14.0. The summed E-state index contributed by atoms with van der Waals surface area (Å²) in [5, 5.41) is 9.94. The SMILES string of the molecule is CC1(C)OC2[C@@H](CO)O[C@@H](n3cnc4c(N5CC6(CCc7ccc(F)cc76)C5)nc(Cl)nc43)[C@H]2O1. The standard InChI is InChI=1S/C24H25ClFN5O4/c1-23(2)34-17-15(8-32)33-21(18(17)35-23)31-11-27-16-19(28-22(25)29-20(16)31)30-9-24(10-30)6-5-12-3-4-13(26)7-14(12)24/h3-4,7,11,15,17-18,21,32H,5-6,8-10H2,1-2H3/t15-,17?,18+,21-/m1/s1. The summed E-state index contributed by atoms with van der Waals surface area (Å²) < 4.78 is 34.0. The van der Waals surface area contributed by atoms with E-state index < -0.39 is 30.3 Å². The first-order chi connectivity index (χ1) is 16.8. The molecule has 0 saturated carbocycles. The highest BCUT2D eigenvalue weighted by Gasteiger charge is 2.56. The van der Waals surface area contributed by atoms with Crippen LogP contribution in [0.25, 0.3) is 11.2 Å². The van der Waals surface area contributed by atoms with Gasteiger partial charge in [-0.15, -0.1) is 0 Å². The predicted molar refractivity (Wildman–Crippen MR) is 124 cm³/mol. The lowest BCUT2D eigenvalue weighted by molar-refractivity contribution is -0.199. The second-order valence-electron chi connectivity index (χ2n) is 10.4. The number of nitrogens with zero attached hydrogens (tertiary/aromatic N) is 5. The van der Waals surface area contributed by atoms with E-state index in [1.165, 1.54) is 11.6 Å². The maximum Gasteiger partial charge on any atom is 0.226 e. The van der Waals surface area contributed by atoms with Crippen molar-refractivity contribution >= 4 is 28.6 Å². The Bertz CT molecular complexity index is 1340. The van der Waals surface area contributed by atoms with Gasteiger partial charge in [0.25, 0.3) is 0 Å². The third-order valence-corrected chi connectivity index (χ3v) is 7.93. The number of hydrogen-bond acceptors (Lipinski definition) is 8. The van der Waals surface area contributed by atoms with Gasteiger partial charge in [0.1, 0.15) is 24.1 Å². The van der Waals surface area contributed by atoms with Crippen molar-refractivity contribution < 1.29 is 23.7 Å². The summed E-state index contributed by atoms with van der Waals surface area (Å²) in [6.07, 6.45) is 1.61. The van der Waals surface area contributed by atoms with Crippen LogP contribution in [0, 0.1) is 5.82 Å². The lowest BCUT2D eigenvalue weighted by atomic mass is 9.74. The fourth-order valence-electron chi connectivity index (χ4n) is 6.24. The van der Waals surface area contributed by atoms with Gasteiger partial charge in [-0.3, -0.25) is 4.57 Å². The molecule has 1 N–H and O–H groups in total. The number of imidazole rings is 1. The molecule has 3 fully saturated rings. The van der Waals surface area contributed by atoms with Gasteiger partial charge in [-0.1, -0.05) is 6.07 Å². The van der Waals surface area contributed by atoms with Crippen LogP contribution in [0.1, 0.15) is 37.6 Å². The molecule has 3 aromatic rings. The molecule has 1 unspecified atom stereocenters. The Labute approximate surface area is 205 Å². The monoisotopic (exact) mass is 501 g/mol. The molecule has 9 nitrogen and oxygen atoms in total. The van der Waals surface area contributed by atoms with Crippen LogP contribution in [0.5, 0.6) is 0 Å². The Morgan fingerprint density at radius 1 is 1.20 bits per heavy atom. The van der Waals surface area contributed by atoms with E-state index in [4.69, 9.17) is 25.8 Å². The number of ether oxygens (including phenoxy) is 3. The van der Waals surface area contributed by atoms with Gasteiger partial charge in [0, 0.05) is 18.5 Å². The van der Waals surface area contributed by atoms with Crippen LogP contribution in [-0.4, -0.2) is 68.4 Å². The number of aryl methyl sites for hydroxylation is 1. The summed E-state index contributed by atoms with van der Waals surface area (Å²) in [7, 11) is 0. The Morgan fingerprint density at radius 3 is 2.80 bits per heavy atom. The van der Waals surface area contributed by atoms with Crippen LogP contribution in [0.4, 0.5) is 10.2 Å². The fourth-order valence-corrected chi connectivity index (χ4v) is 6.40. The smallest absolute Gasteiger partial charge is 0.226 e. The largest absolute Gasteiger partial charge is 0.394 e. The van der Waals surface area contributed by atoms with Crippen LogP contribution in [0.2, 0.25) is 5.28 Å². The second kappa shape index (κ2) is 7.33. The molecule has 3 saturated heterocycles. The first-order valence-electron chi connectivity index (χ1n) is 11.8. The average molecular weight is 502 g/mol. The molecule has 35 heavy (non-hydrogen) atoms. The minimum absolute atomic E-state index is 0.0828. The summed E-state index contributed by atoms with van der Waals surface area (Å²) in [5.41, 5.74) is 3.36. The highest BCUT2D eigenvalue weighted by molar-refractivity contribution is 6.28. The summed E-state index contributed by atoms with van der Waals surface area (Å²) in [6, 6.07) is 5.10. The van der Waals surface area contributed by atoms with Gasteiger partial charge >= 0.3 is 0 Å². The lowest BCUT2D eigenvalue weighted by Crippen LogP contribution is -2.58. The molecule has 184 valence electrons. The Hall–Kier alpha value is -2.37. The van der Waals surface area contributed by atoms with E-state index >= 15 is 0 Å². The van der Waals surface area contributed by atoms with E-state index in [0.29, 0.717) is 30.1 Å². The van der Waals surface area contributed by atoms with Gasteiger partial charge in [-0.2, -0.15) is 9.97 Å². The zero-order valence-corrected chi connectivity index (χ0v) is 20.1. The highest BCUT2D eigenvalue weighted by atomic mass is 35.5. The molecule has 11 heteroatoms. The second-order valence-corrected chi connectivity index (χ2v) is 10.7. The molecule has 1 spiro atoms. The summed E-state index contributed by atoms with van der Waals surface area (Å²) in [4.78, 5) is 15.7. The Morgan fingerprint density at radius 2 is 2.00 bits per heavy atom. The van der Waals surface area contributed by atoms with Gasteiger partial charge in [-0.05, 0) is 61.5 Å². The molecule has 1 aliphatic carbocycles. The third kappa shape index (κ3) is 3.17. The quantitative estimate of drug-likeness (QED) is 0.547. The van der Waals surface area contributed by atoms with E-state index in [2.05, 4.69) is 19.9 Å². The molecule has 0 radical (unpaired) electrons. The lowest BCUT2D eigenvalue weighted by Gasteiger charge is -2.49. The minimum Gasteiger partial charge on any atom is -0.394 e. The molecule has 5 heterocycles. The number of halogens is 2. The van der Waals surface area contributed by atoms with E-state index in [9.17, 15) is 9.50 Å². The molecule has 2 aromatic heterocycles. The number of aliphatic hydroxyl groups excluding tert-OH is 1. The molecular weight excluding hydrogens is 477 g/mol. The summed E-state index contributed by atoms with van der Waals surface area (Å²) >= 11 is 6.37. The van der Waals surface area contributed by atoms with Gasteiger partial charge in [0.15, 0.2) is 29.0 Å². The average Bonchev–Trinajstić information content (AvgIpc) is 3.52. The van der Waals surface area contributed by atoms with Crippen molar-refractivity contribution in [1.29, 1.82) is 0 Å². The number of rotatable bonds is 3. The Kier molecular flexibility index (Phi) is 4.58. The number of anilines is 1. The van der Waals surface area contributed by atoms with E-state index in [0.717, 1.165) is 18.4 Å². The van der Waals surface area contributed by atoms with E-state index in [-0.39, 0.29) is 23.1 Å². The third-order valence-electron chi connectivity index (χ3n) is 7.76. The maximum atomic E-state index is 14.0. The zero-order chi connectivity index (χ0) is 24.1. The number of hydrogen-bond donors (Lipinski definition) is 1. The molecule has 0 bridgehead atoms. The van der Waals surface area contributed by atoms with Gasteiger partial charge in [0.2, 0.25) is 5.28 Å². The molecule has 7 rings (SSSR count). The van der Waals surface area contributed by atoms with Crippen molar-refractivity contribution in [3.63, 3.8) is 0 Å². The van der Waals surface area contributed by atoms with Crippen LogP contribution in [-0.2, 0) is 26.0 Å². The van der Waals surface area contributed by atoms with Crippen LogP contribution < -0.4 is 4.90 Å². The van der Waals surface area contributed by atoms with Crippen molar-refractivity contribution in [1.82, 2.24) is 19.5 Å². The van der Waals surface area contributed by atoms with Crippen molar-refractivity contribution in [2.45, 2.75) is 62.4 Å². The minimum atomic E-state index is -0.790. The number of aliphatic hydroxyl groups is 1. The number of fused-ring (bicyclic) bond motifs is 4. The fraction of sp³-hybridized carbons (Fsp3) is 0.542. The predicted octanol–water partition coefficient (Wildman–Crippen LogP) is 2.73. The summed E-state index contributed by atoms with van der Waals surface area (Å²) in [6.45, 7) is 4.91. The molecular formula is C24H25ClFN5O4. The number of aromatic nitrogens is 4. The van der Waals surface area contributed by atoms with E-state index in [1.54, 1.807) is 17.0 Å². The van der Waals surface area contributed by atoms with Gasteiger partial charge < -0.3 is 24.2 Å². The highest BCUT2D eigenvalue weighted by Crippen LogP contribution is 2.48. The van der Waals surface area contributed by atoms with Crippen molar-refractivity contribution in [2.75, 3.05) is 24.6 Å². The summed E-state index contributed by atoms with van der Waals surface area (Å²) in [5.74, 6) is -0.347. The molecule has 3 aliphatic heterocycles. The van der Waals surface area contributed by atoms with Gasteiger partial charge in [-0.25, -0.2) is 9.37 Å². The van der Waals surface area contributed by atoms with E-state index in [1.807, 2.05) is 19.9 Å². The Balaban J connectivity index is 1.23. The molecule has 4 atom stereocenters. The molecule has 0 amide bonds. The normalized spacial score (nSPS) is 30.1. The van der Waals surface area contributed by atoms with Crippen LogP contribution >= 0.6 is 11.6 Å². The first-order valence-corrected chi connectivity index (χ1v) is 12.2. The number of benzene rings is 1. The van der Waals surface area contributed by atoms with Crippen LogP contribution in [0.15, 0.2) is 24.5 Å². The first kappa shape index (κ1) is 21.9. The van der Waals surface area contributed by atoms with Gasteiger partial charge in [0.05, 0.1) is 12.9 Å². The zero-order valence-electron chi connectivity index (χ0n) is 19.3.